The quantitative estimate of drug-likeness (QED) is 0.895. The summed E-state index contributed by atoms with van der Waals surface area (Å²) in [5.74, 6) is 0.597. The first kappa shape index (κ1) is 15.0. The smallest absolute Gasteiger partial charge is 0.416 e. The van der Waals surface area contributed by atoms with Crippen molar-refractivity contribution in [2.75, 3.05) is 12.4 Å². The maximum atomic E-state index is 12.4. The van der Waals surface area contributed by atoms with Crippen molar-refractivity contribution >= 4 is 5.69 Å². The van der Waals surface area contributed by atoms with Gasteiger partial charge in [-0.05, 0) is 36.4 Å². The van der Waals surface area contributed by atoms with E-state index >= 15 is 0 Å². The zero-order valence-corrected chi connectivity index (χ0v) is 11.2. The Morgan fingerprint density at radius 3 is 2.29 bits per heavy atom. The van der Waals surface area contributed by atoms with Crippen molar-refractivity contribution in [1.29, 1.82) is 0 Å². The highest BCUT2D eigenvalue weighted by molar-refractivity contribution is 5.47. The molecular weight excluding hydrogens is 283 g/mol. The number of methoxy groups -OCH3 is 1. The topological polar surface area (TPSA) is 41.5 Å². The largest absolute Gasteiger partial charge is 0.507 e. The highest BCUT2D eigenvalue weighted by Crippen LogP contribution is 2.30. The fraction of sp³-hybridized carbons (Fsp3) is 0.200. The number of halogens is 3. The average Bonchev–Trinajstić information content (AvgIpc) is 2.45. The molecule has 2 aromatic carbocycles. The van der Waals surface area contributed by atoms with Gasteiger partial charge in [-0.15, -0.1) is 0 Å². The van der Waals surface area contributed by atoms with E-state index in [-0.39, 0.29) is 5.75 Å². The summed E-state index contributed by atoms with van der Waals surface area (Å²) in [5.41, 5.74) is 0.467. The Balaban J connectivity index is 2.03. The molecule has 2 rings (SSSR count). The first-order chi connectivity index (χ1) is 9.90. The number of hydrogen-bond acceptors (Lipinski definition) is 3. The molecular formula is C15H14F3NO2. The summed E-state index contributed by atoms with van der Waals surface area (Å²) >= 11 is 0. The summed E-state index contributed by atoms with van der Waals surface area (Å²) in [6, 6.07) is 9.58. The second kappa shape index (κ2) is 5.95. The van der Waals surface area contributed by atoms with Crippen LogP contribution in [0.5, 0.6) is 11.5 Å². The van der Waals surface area contributed by atoms with E-state index in [1.165, 1.54) is 25.3 Å². The average molecular weight is 297 g/mol. The third-order valence-electron chi connectivity index (χ3n) is 2.99. The molecule has 112 valence electrons. The van der Waals surface area contributed by atoms with Crippen molar-refractivity contribution in [3.05, 3.63) is 53.6 Å². The molecule has 0 unspecified atom stereocenters. The fourth-order valence-corrected chi connectivity index (χ4v) is 1.79. The summed E-state index contributed by atoms with van der Waals surface area (Å²) in [4.78, 5) is 0. The normalized spacial score (nSPS) is 11.2. The van der Waals surface area contributed by atoms with Crippen LogP contribution >= 0.6 is 0 Å². The second-order valence-electron chi connectivity index (χ2n) is 4.42. The Morgan fingerprint density at radius 1 is 1.10 bits per heavy atom. The lowest BCUT2D eigenvalue weighted by Gasteiger charge is -2.11. The van der Waals surface area contributed by atoms with Gasteiger partial charge in [0.15, 0.2) is 0 Å². The molecule has 0 heterocycles. The van der Waals surface area contributed by atoms with E-state index in [1.807, 2.05) is 0 Å². The van der Waals surface area contributed by atoms with Crippen molar-refractivity contribution in [3.63, 3.8) is 0 Å². The van der Waals surface area contributed by atoms with Crippen molar-refractivity contribution in [3.8, 4) is 11.5 Å². The number of alkyl halides is 3. The molecule has 0 aliphatic carbocycles. The molecule has 0 amide bonds. The molecule has 2 aromatic rings. The molecule has 0 aliphatic heterocycles. The first-order valence-electron chi connectivity index (χ1n) is 6.17. The monoisotopic (exact) mass is 297 g/mol. The lowest BCUT2D eigenvalue weighted by Crippen LogP contribution is -2.05. The molecule has 0 aliphatic rings. The zero-order chi connectivity index (χ0) is 15.5. The SMILES string of the molecule is COc1ccc(CNc2ccc(C(F)(F)F)cc2)c(O)c1. The number of ether oxygens (including phenoxy) is 1. The van der Waals surface area contributed by atoms with E-state index in [9.17, 15) is 18.3 Å². The van der Waals surface area contributed by atoms with Crippen molar-refractivity contribution in [2.24, 2.45) is 0 Å². The van der Waals surface area contributed by atoms with Gasteiger partial charge < -0.3 is 15.2 Å². The second-order valence-corrected chi connectivity index (χ2v) is 4.42. The number of phenols is 1. The molecule has 0 atom stereocenters. The van der Waals surface area contributed by atoms with Gasteiger partial charge in [-0.25, -0.2) is 0 Å². The van der Waals surface area contributed by atoms with E-state index in [1.54, 1.807) is 12.1 Å². The van der Waals surface area contributed by atoms with Crippen molar-refractivity contribution < 1.29 is 23.0 Å². The van der Waals surface area contributed by atoms with E-state index in [4.69, 9.17) is 4.74 Å². The minimum absolute atomic E-state index is 0.0637. The number of rotatable bonds is 4. The van der Waals surface area contributed by atoms with Gasteiger partial charge in [-0.3, -0.25) is 0 Å². The van der Waals surface area contributed by atoms with Gasteiger partial charge in [0.25, 0.3) is 0 Å². The van der Waals surface area contributed by atoms with Crippen LogP contribution in [0.25, 0.3) is 0 Å². The van der Waals surface area contributed by atoms with Gasteiger partial charge in [0.05, 0.1) is 12.7 Å². The van der Waals surface area contributed by atoms with E-state index in [2.05, 4.69) is 5.32 Å². The summed E-state index contributed by atoms with van der Waals surface area (Å²) in [6.07, 6.45) is -4.34. The molecule has 0 fully saturated rings. The maximum absolute atomic E-state index is 12.4. The van der Waals surface area contributed by atoms with Crippen molar-refractivity contribution in [1.82, 2.24) is 0 Å². The number of aromatic hydroxyl groups is 1. The lowest BCUT2D eigenvalue weighted by molar-refractivity contribution is -0.137. The Morgan fingerprint density at radius 2 is 1.76 bits per heavy atom. The van der Waals surface area contributed by atoms with Crippen LogP contribution < -0.4 is 10.1 Å². The standard InChI is InChI=1S/C15H14F3NO2/c1-21-13-7-2-10(14(20)8-13)9-19-12-5-3-11(4-6-12)15(16,17)18/h2-8,19-20H,9H2,1H3. The summed E-state index contributed by atoms with van der Waals surface area (Å²) < 4.78 is 42.3. The van der Waals surface area contributed by atoms with Gasteiger partial charge in [-0.1, -0.05) is 0 Å². The van der Waals surface area contributed by atoms with Crippen LogP contribution in [0, 0.1) is 0 Å². The maximum Gasteiger partial charge on any atom is 0.416 e. The number of benzene rings is 2. The van der Waals surface area contributed by atoms with Gasteiger partial charge in [0.2, 0.25) is 0 Å². The predicted molar refractivity (Wildman–Crippen MR) is 73.4 cm³/mol. The highest BCUT2D eigenvalue weighted by atomic mass is 19.4. The molecule has 2 N–H and O–H groups in total. The summed E-state index contributed by atoms with van der Waals surface area (Å²) in [5, 5.41) is 12.7. The van der Waals surface area contributed by atoms with Crippen LogP contribution in [-0.2, 0) is 12.7 Å². The summed E-state index contributed by atoms with van der Waals surface area (Å²) in [6.45, 7) is 0.293. The van der Waals surface area contributed by atoms with Crippen LogP contribution in [0.15, 0.2) is 42.5 Å². The van der Waals surface area contributed by atoms with E-state index in [0.29, 0.717) is 23.5 Å². The highest BCUT2D eigenvalue weighted by Gasteiger charge is 2.29. The van der Waals surface area contributed by atoms with E-state index < -0.39 is 11.7 Å². The molecule has 0 saturated heterocycles. The number of anilines is 1. The minimum atomic E-state index is -4.34. The first-order valence-corrected chi connectivity index (χ1v) is 6.17. The number of nitrogens with one attached hydrogen (secondary N) is 1. The Kier molecular flexibility index (Phi) is 4.26. The minimum Gasteiger partial charge on any atom is -0.507 e. The van der Waals surface area contributed by atoms with Gasteiger partial charge in [0.1, 0.15) is 11.5 Å². The van der Waals surface area contributed by atoms with Gasteiger partial charge in [-0.2, -0.15) is 13.2 Å². The Labute approximate surface area is 120 Å². The number of phenolic OH excluding ortho intramolecular Hbond substituents is 1. The van der Waals surface area contributed by atoms with Crippen LogP contribution in [0.3, 0.4) is 0 Å². The van der Waals surface area contributed by atoms with Crippen molar-refractivity contribution in [2.45, 2.75) is 12.7 Å². The molecule has 3 nitrogen and oxygen atoms in total. The predicted octanol–water partition coefficient (Wildman–Crippen LogP) is 4.03. The van der Waals surface area contributed by atoms with E-state index in [0.717, 1.165) is 12.1 Å². The Bertz CT molecular complexity index is 609. The summed E-state index contributed by atoms with van der Waals surface area (Å²) in [7, 11) is 1.49. The molecule has 6 heteroatoms. The van der Waals surface area contributed by atoms with Crippen LogP contribution in [0.2, 0.25) is 0 Å². The molecule has 0 spiro atoms. The van der Waals surface area contributed by atoms with Crippen LogP contribution in [-0.4, -0.2) is 12.2 Å². The third kappa shape index (κ3) is 3.81. The Hall–Kier alpha value is -2.37. The zero-order valence-electron chi connectivity index (χ0n) is 11.2. The van der Waals surface area contributed by atoms with Crippen LogP contribution in [0.1, 0.15) is 11.1 Å². The molecule has 0 saturated carbocycles. The molecule has 21 heavy (non-hydrogen) atoms. The molecule has 0 aromatic heterocycles. The van der Waals surface area contributed by atoms with Gasteiger partial charge >= 0.3 is 6.18 Å². The number of hydrogen-bond donors (Lipinski definition) is 2. The lowest BCUT2D eigenvalue weighted by atomic mass is 10.1. The third-order valence-corrected chi connectivity index (χ3v) is 2.99. The molecule has 0 radical (unpaired) electrons. The fourth-order valence-electron chi connectivity index (χ4n) is 1.79. The molecule has 0 bridgehead atoms. The van der Waals surface area contributed by atoms with Crippen LogP contribution in [0.4, 0.5) is 18.9 Å². The van der Waals surface area contributed by atoms with Gasteiger partial charge in [0, 0.05) is 23.9 Å².